The molecule has 1 heterocycles. The first-order valence-corrected chi connectivity index (χ1v) is 7.87. The van der Waals surface area contributed by atoms with E-state index in [9.17, 15) is 0 Å². The minimum Gasteiger partial charge on any atom is -0.152 e. The topological polar surface area (TPSA) is 0 Å². The smallest absolute Gasteiger partial charge is 0.0410 e. The van der Waals surface area contributed by atoms with Crippen LogP contribution < -0.4 is 0 Å². The molecule has 2 bridgehead atoms. The van der Waals surface area contributed by atoms with Crippen molar-refractivity contribution in [1.82, 2.24) is 0 Å². The van der Waals surface area contributed by atoms with Crippen molar-refractivity contribution in [3.8, 4) is 0 Å². The molecule has 2 heteroatoms. The van der Waals surface area contributed by atoms with E-state index in [2.05, 4.69) is 16.8 Å². The van der Waals surface area contributed by atoms with Gasteiger partial charge >= 0.3 is 0 Å². The van der Waals surface area contributed by atoms with Crippen LogP contribution in [0.3, 0.4) is 0 Å². The summed E-state index contributed by atoms with van der Waals surface area (Å²) < 4.78 is 0. The fourth-order valence-electron chi connectivity index (χ4n) is 4.65. The maximum atomic E-state index is 6.63. The van der Waals surface area contributed by atoms with Crippen molar-refractivity contribution in [2.45, 2.75) is 31.1 Å². The maximum Gasteiger partial charge on any atom is 0.0410 e. The van der Waals surface area contributed by atoms with Gasteiger partial charge in [-0.3, -0.25) is 0 Å². The first-order valence-electron chi connectivity index (χ1n) is 6.50. The molecule has 16 heavy (non-hydrogen) atoms. The quantitative estimate of drug-likeness (QED) is 0.708. The predicted octanol–water partition coefficient (Wildman–Crippen LogP) is 4.19. The second kappa shape index (κ2) is 3.49. The Kier molecular flexibility index (Phi) is 2.17. The largest absolute Gasteiger partial charge is 0.152 e. The third kappa shape index (κ3) is 1.34. The molecule has 0 spiro atoms. The summed E-state index contributed by atoms with van der Waals surface area (Å²) in [5, 5.41) is 4.83. The van der Waals surface area contributed by atoms with E-state index in [1.807, 2.05) is 0 Å². The first-order chi connectivity index (χ1) is 7.84. The summed E-state index contributed by atoms with van der Waals surface area (Å²) in [6, 6.07) is 2.23. The Bertz CT molecular complexity index is 369. The highest BCUT2D eigenvalue weighted by molar-refractivity contribution is 7.07. The summed E-state index contributed by atoms with van der Waals surface area (Å²) >= 11 is 8.42. The molecular weight excluding hydrogens is 236 g/mol. The van der Waals surface area contributed by atoms with Gasteiger partial charge in [0, 0.05) is 5.38 Å². The van der Waals surface area contributed by atoms with Crippen LogP contribution in [-0.4, -0.2) is 5.38 Å². The zero-order valence-electron chi connectivity index (χ0n) is 9.31. The molecule has 1 aromatic rings. The fourth-order valence-corrected chi connectivity index (χ4v) is 5.84. The third-order valence-electron chi connectivity index (χ3n) is 5.22. The molecule has 1 aromatic heterocycles. The monoisotopic (exact) mass is 252 g/mol. The van der Waals surface area contributed by atoms with Gasteiger partial charge in [0.1, 0.15) is 0 Å². The van der Waals surface area contributed by atoms with Gasteiger partial charge in [0.25, 0.3) is 0 Å². The highest BCUT2D eigenvalue weighted by Crippen LogP contribution is 2.71. The lowest BCUT2D eigenvalue weighted by Crippen LogP contribution is -2.12. The zero-order valence-corrected chi connectivity index (χ0v) is 10.9. The van der Waals surface area contributed by atoms with E-state index >= 15 is 0 Å². The Hall–Kier alpha value is -0.0100. The minimum absolute atomic E-state index is 0.410. The van der Waals surface area contributed by atoms with Crippen LogP contribution in [0.15, 0.2) is 16.8 Å². The van der Waals surface area contributed by atoms with E-state index < -0.39 is 0 Å². The molecule has 5 unspecified atom stereocenters. The van der Waals surface area contributed by atoms with Crippen LogP contribution in [0.1, 0.15) is 24.8 Å². The van der Waals surface area contributed by atoms with Gasteiger partial charge in [-0.25, -0.2) is 0 Å². The Morgan fingerprint density at radius 1 is 1.31 bits per heavy atom. The highest BCUT2D eigenvalue weighted by atomic mass is 35.5. The number of fused-ring (bicyclic) bond motifs is 5. The summed E-state index contributed by atoms with van der Waals surface area (Å²) in [5.41, 5.74) is 1.45. The predicted molar refractivity (Wildman–Crippen MR) is 69.0 cm³/mol. The average Bonchev–Trinajstić information content (AvgIpc) is 2.73. The minimum atomic E-state index is 0.410. The Morgan fingerprint density at radius 3 is 2.69 bits per heavy atom. The number of hydrogen-bond acceptors (Lipinski definition) is 1. The molecule has 0 aliphatic heterocycles. The molecule has 0 saturated heterocycles. The van der Waals surface area contributed by atoms with Crippen LogP contribution in [0.4, 0.5) is 0 Å². The van der Waals surface area contributed by atoms with Gasteiger partial charge in [-0.15, -0.1) is 11.6 Å². The van der Waals surface area contributed by atoms with Crippen molar-refractivity contribution in [2.24, 2.45) is 29.6 Å². The van der Waals surface area contributed by atoms with Crippen molar-refractivity contribution < 1.29 is 0 Å². The van der Waals surface area contributed by atoms with Crippen LogP contribution >= 0.6 is 22.9 Å². The molecule has 4 rings (SSSR count). The van der Waals surface area contributed by atoms with Crippen molar-refractivity contribution in [1.29, 1.82) is 0 Å². The van der Waals surface area contributed by atoms with Gasteiger partial charge in [-0.2, -0.15) is 11.3 Å². The maximum absolute atomic E-state index is 6.63. The molecule has 3 fully saturated rings. The number of alkyl halides is 1. The molecule has 3 saturated carbocycles. The van der Waals surface area contributed by atoms with Crippen molar-refractivity contribution in [3.63, 3.8) is 0 Å². The van der Waals surface area contributed by atoms with E-state index in [1.54, 1.807) is 11.3 Å². The van der Waals surface area contributed by atoms with Crippen molar-refractivity contribution >= 4 is 22.9 Å². The Balaban J connectivity index is 1.45. The molecular formula is C14H17ClS. The molecule has 0 nitrogen and oxygen atoms in total. The van der Waals surface area contributed by atoms with E-state index in [0.717, 1.165) is 36.0 Å². The fraction of sp³-hybridized carbons (Fsp3) is 0.714. The molecule has 0 aromatic carbocycles. The van der Waals surface area contributed by atoms with Gasteiger partial charge in [-0.05, 0) is 77.7 Å². The van der Waals surface area contributed by atoms with E-state index in [1.165, 1.54) is 24.8 Å². The zero-order chi connectivity index (χ0) is 10.7. The lowest BCUT2D eigenvalue weighted by molar-refractivity contribution is 0.450. The summed E-state index contributed by atoms with van der Waals surface area (Å²) in [7, 11) is 0. The number of rotatable bonds is 3. The molecule has 0 N–H and O–H groups in total. The molecule has 0 amide bonds. The second-order valence-corrected chi connectivity index (χ2v) is 7.26. The van der Waals surface area contributed by atoms with Gasteiger partial charge in [-0.1, -0.05) is 0 Å². The highest BCUT2D eigenvalue weighted by Gasteiger charge is 2.66. The van der Waals surface area contributed by atoms with E-state index in [-0.39, 0.29) is 0 Å². The van der Waals surface area contributed by atoms with E-state index in [4.69, 9.17) is 11.6 Å². The standard InChI is InChI=1S/C14H17ClS/c15-11(5-8-3-4-16-7-8)14-12-9-1-2-10(6-9)13(12)14/h3-4,7,9-14H,1-2,5-6H2. The van der Waals surface area contributed by atoms with Crippen LogP contribution in [0.2, 0.25) is 0 Å². The first kappa shape index (κ1) is 9.96. The second-order valence-electron chi connectivity index (χ2n) is 5.92. The van der Waals surface area contributed by atoms with Crippen LogP contribution in [-0.2, 0) is 6.42 Å². The Morgan fingerprint density at radius 2 is 2.06 bits per heavy atom. The molecule has 3 aliphatic rings. The third-order valence-corrected chi connectivity index (χ3v) is 6.40. The summed E-state index contributed by atoms with van der Waals surface area (Å²) in [6.07, 6.45) is 5.64. The van der Waals surface area contributed by atoms with Crippen LogP contribution in [0, 0.1) is 29.6 Å². The molecule has 0 radical (unpaired) electrons. The van der Waals surface area contributed by atoms with Crippen LogP contribution in [0.25, 0.3) is 0 Å². The molecule has 86 valence electrons. The molecule has 3 aliphatic carbocycles. The summed E-state index contributed by atoms with van der Waals surface area (Å²) in [4.78, 5) is 0. The van der Waals surface area contributed by atoms with Crippen molar-refractivity contribution in [2.75, 3.05) is 0 Å². The lowest BCUT2D eigenvalue weighted by Gasteiger charge is -2.13. The number of halogens is 1. The number of hydrogen-bond donors (Lipinski definition) is 0. The van der Waals surface area contributed by atoms with Gasteiger partial charge in [0.2, 0.25) is 0 Å². The summed E-state index contributed by atoms with van der Waals surface area (Å²) in [5.74, 6) is 5.04. The summed E-state index contributed by atoms with van der Waals surface area (Å²) in [6.45, 7) is 0. The SMILES string of the molecule is ClC(Cc1ccsc1)C1C2C3CCC(C3)C12. The van der Waals surface area contributed by atoms with Gasteiger partial charge in [0.05, 0.1) is 0 Å². The normalized spacial score (nSPS) is 45.7. The molecule has 5 atom stereocenters. The average molecular weight is 253 g/mol. The van der Waals surface area contributed by atoms with Gasteiger partial charge < -0.3 is 0 Å². The lowest BCUT2D eigenvalue weighted by atomic mass is 9.98. The van der Waals surface area contributed by atoms with E-state index in [0.29, 0.717) is 5.38 Å². The Labute approximate surface area is 106 Å². The van der Waals surface area contributed by atoms with Gasteiger partial charge in [0.15, 0.2) is 0 Å². The van der Waals surface area contributed by atoms with Crippen LogP contribution in [0.5, 0.6) is 0 Å². The number of thiophene rings is 1. The van der Waals surface area contributed by atoms with Crippen molar-refractivity contribution in [3.05, 3.63) is 22.4 Å².